The Kier molecular flexibility index (Phi) is 6.73. The molecule has 0 aromatic carbocycles. The maximum atomic E-state index is 5.61. The molecule has 0 spiro atoms. The summed E-state index contributed by atoms with van der Waals surface area (Å²) in [4.78, 5) is 4.31. The van der Waals surface area contributed by atoms with E-state index in [4.69, 9.17) is 4.74 Å². The molecule has 0 amide bonds. The summed E-state index contributed by atoms with van der Waals surface area (Å²) in [6, 6.07) is 4.52. The van der Waals surface area contributed by atoms with Crippen LogP contribution in [0, 0.1) is 5.92 Å². The molecule has 0 aliphatic heterocycles. The molecule has 102 valence electrons. The summed E-state index contributed by atoms with van der Waals surface area (Å²) in [5.41, 5.74) is 1.19. The van der Waals surface area contributed by atoms with E-state index >= 15 is 0 Å². The normalized spacial score (nSPS) is 11.2. The van der Waals surface area contributed by atoms with Crippen molar-refractivity contribution < 1.29 is 4.74 Å². The number of hydrogen-bond donors (Lipinski definition) is 1. The second-order valence-electron chi connectivity index (χ2n) is 5.42. The van der Waals surface area contributed by atoms with Crippen molar-refractivity contribution in [2.24, 2.45) is 5.92 Å². The number of aromatic nitrogens is 1. The molecular formula is C15H26N2O. The smallest absolute Gasteiger partial charge is 0.213 e. The van der Waals surface area contributed by atoms with Gasteiger partial charge in [0.05, 0.1) is 6.61 Å². The highest BCUT2D eigenvalue weighted by atomic mass is 16.5. The summed E-state index contributed by atoms with van der Waals surface area (Å²) in [5, 5.41) is 3.37. The van der Waals surface area contributed by atoms with Crippen molar-refractivity contribution in [3.8, 4) is 5.88 Å². The molecule has 0 unspecified atom stereocenters. The maximum absolute atomic E-state index is 5.61. The van der Waals surface area contributed by atoms with Gasteiger partial charge in [0, 0.05) is 24.8 Å². The van der Waals surface area contributed by atoms with Crippen LogP contribution >= 0.6 is 0 Å². The third-order valence-corrected chi connectivity index (χ3v) is 2.69. The molecule has 1 rings (SSSR count). The summed E-state index contributed by atoms with van der Waals surface area (Å²) in [7, 11) is 0. The van der Waals surface area contributed by atoms with Crippen LogP contribution in [-0.4, -0.2) is 17.6 Å². The Morgan fingerprint density at radius 1 is 1.22 bits per heavy atom. The number of ether oxygens (including phenoxy) is 1. The zero-order chi connectivity index (χ0) is 13.4. The minimum Gasteiger partial charge on any atom is -0.478 e. The molecule has 3 heteroatoms. The van der Waals surface area contributed by atoms with Crippen LogP contribution in [-0.2, 0) is 6.54 Å². The van der Waals surface area contributed by atoms with Crippen LogP contribution in [0.2, 0.25) is 0 Å². The third-order valence-electron chi connectivity index (χ3n) is 2.69. The van der Waals surface area contributed by atoms with E-state index in [0.29, 0.717) is 6.04 Å². The number of pyridine rings is 1. The van der Waals surface area contributed by atoms with Gasteiger partial charge in [0.1, 0.15) is 0 Å². The Bertz CT molecular complexity index is 320. The average Bonchev–Trinajstić information content (AvgIpc) is 2.33. The van der Waals surface area contributed by atoms with Crippen molar-refractivity contribution in [1.82, 2.24) is 10.3 Å². The quantitative estimate of drug-likeness (QED) is 0.718. The van der Waals surface area contributed by atoms with Gasteiger partial charge in [-0.25, -0.2) is 4.98 Å². The Labute approximate surface area is 111 Å². The predicted molar refractivity (Wildman–Crippen MR) is 75.8 cm³/mol. The molecule has 0 aliphatic carbocycles. The Hall–Kier alpha value is -1.09. The number of nitrogens with one attached hydrogen (secondary N) is 1. The highest BCUT2D eigenvalue weighted by molar-refractivity contribution is 5.17. The van der Waals surface area contributed by atoms with E-state index in [9.17, 15) is 0 Å². The van der Waals surface area contributed by atoms with E-state index in [2.05, 4.69) is 44.1 Å². The Morgan fingerprint density at radius 3 is 2.56 bits per heavy atom. The van der Waals surface area contributed by atoms with Gasteiger partial charge in [0.15, 0.2) is 0 Å². The summed E-state index contributed by atoms with van der Waals surface area (Å²) in [6.07, 6.45) is 4.18. The fourth-order valence-electron chi connectivity index (χ4n) is 1.59. The number of nitrogens with zero attached hydrogens (tertiary/aromatic N) is 1. The minimum atomic E-state index is 0.497. The summed E-state index contributed by atoms with van der Waals surface area (Å²) < 4.78 is 5.61. The average molecular weight is 250 g/mol. The van der Waals surface area contributed by atoms with Gasteiger partial charge in [-0.3, -0.25) is 0 Å². The lowest BCUT2D eigenvalue weighted by Crippen LogP contribution is -2.21. The molecule has 0 saturated heterocycles. The van der Waals surface area contributed by atoms with Crippen LogP contribution in [0.15, 0.2) is 18.3 Å². The number of rotatable bonds is 8. The molecule has 0 aliphatic rings. The molecule has 0 fully saturated rings. The lowest BCUT2D eigenvalue weighted by Gasteiger charge is -2.09. The van der Waals surface area contributed by atoms with Gasteiger partial charge in [-0.2, -0.15) is 0 Å². The highest BCUT2D eigenvalue weighted by Crippen LogP contribution is 2.09. The molecule has 0 saturated carbocycles. The first-order valence-electron chi connectivity index (χ1n) is 6.89. The standard InChI is InChI=1S/C15H26N2O/c1-12(2)6-5-9-18-15-8-7-14(11-17-15)10-16-13(3)4/h7-8,11-13,16H,5-6,9-10H2,1-4H3. The van der Waals surface area contributed by atoms with Crippen LogP contribution in [0.1, 0.15) is 46.1 Å². The van der Waals surface area contributed by atoms with Crippen molar-refractivity contribution in [2.75, 3.05) is 6.61 Å². The first-order chi connectivity index (χ1) is 8.58. The Morgan fingerprint density at radius 2 is 2.00 bits per heavy atom. The van der Waals surface area contributed by atoms with E-state index in [-0.39, 0.29) is 0 Å². The zero-order valence-corrected chi connectivity index (χ0v) is 12.1. The van der Waals surface area contributed by atoms with Gasteiger partial charge in [0.2, 0.25) is 5.88 Å². The van der Waals surface area contributed by atoms with Gasteiger partial charge in [0.25, 0.3) is 0 Å². The molecule has 1 aromatic heterocycles. The largest absolute Gasteiger partial charge is 0.478 e. The van der Waals surface area contributed by atoms with Gasteiger partial charge >= 0.3 is 0 Å². The van der Waals surface area contributed by atoms with Crippen LogP contribution in [0.3, 0.4) is 0 Å². The predicted octanol–water partition coefficient (Wildman–Crippen LogP) is 3.39. The molecule has 1 aromatic rings. The zero-order valence-electron chi connectivity index (χ0n) is 12.1. The summed E-state index contributed by atoms with van der Waals surface area (Å²) in [6.45, 7) is 10.4. The monoisotopic (exact) mass is 250 g/mol. The topological polar surface area (TPSA) is 34.1 Å². The molecule has 1 heterocycles. The van der Waals surface area contributed by atoms with E-state index in [1.54, 1.807) is 0 Å². The van der Waals surface area contributed by atoms with Crippen molar-refractivity contribution in [3.63, 3.8) is 0 Å². The molecule has 3 nitrogen and oxygen atoms in total. The summed E-state index contributed by atoms with van der Waals surface area (Å²) in [5.74, 6) is 1.47. The van der Waals surface area contributed by atoms with Crippen molar-refractivity contribution in [3.05, 3.63) is 23.9 Å². The maximum Gasteiger partial charge on any atom is 0.213 e. The van der Waals surface area contributed by atoms with E-state index in [1.165, 1.54) is 12.0 Å². The van der Waals surface area contributed by atoms with Crippen LogP contribution in [0.5, 0.6) is 5.88 Å². The molecule has 0 bridgehead atoms. The number of hydrogen-bond acceptors (Lipinski definition) is 3. The second kappa shape index (κ2) is 8.09. The van der Waals surface area contributed by atoms with Crippen LogP contribution in [0.25, 0.3) is 0 Å². The lowest BCUT2D eigenvalue weighted by molar-refractivity contribution is 0.287. The van der Waals surface area contributed by atoms with Crippen molar-refractivity contribution >= 4 is 0 Å². The van der Waals surface area contributed by atoms with Gasteiger partial charge < -0.3 is 10.1 Å². The van der Waals surface area contributed by atoms with Crippen LogP contribution in [0.4, 0.5) is 0 Å². The molecular weight excluding hydrogens is 224 g/mol. The molecule has 1 N–H and O–H groups in total. The third kappa shape index (κ3) is 6.60. The van der Waals surface area contributed by atoms with Gasteiger partial charge in [-0.15, -0.1) is 0 Å². The van der Waals surface area contributed by atoms with Gasteiger partial charge in [-0.1, -0.05) is 33.8 Å². The molecule has 18 heavy (non-hydrogen) atoms. The van der Waals surface area contributed by atoms with E-state index < -0.39 is 0 Å². The van der Waals surface area contributed by atoms with Crippen molar-refractivity contribution in [1.29, 1.82) is 0 Å². The van der Waals surface area contributed by atoms with E-state index in [0.717, 1.165) is 31.4 Å². The SMILES string of the molecule is CC(C)CCCOc1ccc(CNC(C)C)cn1. The second-order valence-corrected chi connectivity index (χ2v) is 5.42. The first kappa shape index (κ1) is 15.0. The van der Waals surface area contributed by atoms with Gasteiger partial charge in [-0.05, 0) is 24.3 Å². The molecule has 0 atom stereocenters. The minimum absolute atomic E-state index is 0.497. The van der Waals surface area contributed by atoms with Crippen molar-refractivity contribution in [2.45, 2.75) is 53.1 Å². The highest BCUT2D eigenvalue weighted by Gasteiger charge is 1.99. The fraction of sp³-hybridized carbons (Fsp3) is 0.667. The lowest BCUT2D eigenvalue weighted by atomic mass is 10.1. The van der Waals surface area contributed by atoms with Crippen LogP contribution < -0.4 is 10.1 Å². The Balaban J connectivity index is 2.27. The molecule has 0 radical (unpaired) electrons. The van der Waals surface area contributed by atoms with E-state index in [1.807, 2.05) is 12.3 Å². The first-order valence-corrected chi connectivity index (χ1v) is 6.89. The fourth-order valence-corrected chi connectivity index (χ4v) is 1.59. The summed E-state index contributed by atoms with van der Waals surface area (Å²) >= 11 is 0.